The first kappa shape index (κ1) is 101. The second-order valence-electron chi connectivity index (χ2n) is 30.3. The van der Waals surface area contributed by atoms with Crippen LogP contribution in [-0.2, 0) is 24.7 Å². The van der Waals surface area contributed by atoms with Gasteiger partial charge in [-0.25, -0.2) is 0 Å². The first-order valence-electron chi connectivity index (χ1n) is 35.1. The van der Waals surface area contributed by atoms with Crippen LogP contribution < -0.4 is 31.1 Å². The van der Waals surface area contributed by atoms with Crippen molar-refractivity contribution in [2.75, 3.05) is 0 Å². The van der Waals surface area contributed by atoms with Crippen LogP contribution in [0.5, 0.6) is 0 Å². The normalized spacial score (nSPS) is 15.3. The molecule has 6 nitrogen and oxygen atoms in total. The minimum absolute atomic E-state index is 0.118. The number of hydrogen-bond acceptors (Lipinski definition) is 6. The molecule has 0 heterocycles. The van der Waals surface area contributed by atoms with Crippen LogP contribution in [0.3, 0.4) is 0 Å². The van der Waals surface area contributed by atoms with E-state index >= 15 is 61.5 Å². The Morgan fingerprint density at radius 2 is 0.513 bits per heavy atom. The summed E-state index contributed by atoms with van der Waals surface area (Å²) in [6.07, 6.45) is -4.32. The van der Waals surface area contributed by atoms with Gasteiger partial charge in [0.15, 0.2) is 16.6 Å². The Balaban J connectivity index is 0.000000795. The molecule has 638 valence electrons. The topological polar surface area (TPSA) is 55.4 Å². The predicted octanol–water partition coefficient (Wildman–Crippen LogP) is 21.8. The van der Waals surface area contributed by atoms with Crippen LogP contribution in [0.15, 0.2) is 230 Å². The number of alkyl halides is 26. The van der Waals surface area contributed by atoms with Crippen molar-refractivity contribution < 1.29 is 130 Å². The van der Waals surface area contributed by atoms with E-state index in [-0.39, 0.29) is 25.3 Å². The summed E-state index contributed by atoms with van der Waals surface area (Å²) in [5.41, 5.74) is 3.71. The summed E-state index contributed by atoms with van der Waals surface area (Å²) in [4.78, 5) is 0. The molecule has 0 aliphatic heterocycles. The van der Waals surface area contributed by atoms with Gasteiger partial charge in [-0.2, -0.15) is 105 Å². The fraction of sp³-hybridized carbons (Fsp3) is 0.405. The number of benzene rings is 6. The van der Waals surface area contributed by atoms with Gasteiger partial charge in [-0.15, -0.1) is 13.2 Å². The quantitative estimate of drug-likeness (QED) is 0.0166. The van der Waals surface area contributed by atoms with Crippen molar-refractivity contribution >= 4 is 152 Å². The van der Waals surface area contributed by atoms with Crippen molar-refractivity contribution in [3.8, 4) is 0 Å². The lowest BCUT2D eigenvalue weighted by Gasteiger charge is -2.46. The SMILES string of the molecule is C=C[Si](C)(C)O[Si](O[Si](C)(C)C=C)(c1ccccc1)c1ccccc1.CCC(I)[Si](C)(C)O[Si](O[Si](C)(C)C(I)CC(F)(F)C(F)(F)C(F)(F)C(F)(F)C(F)(F)C(F)(F)/C=C/[Si](C)(C)O[Si](O[Si](C)(C)/C=C/C(F)(F)C(F)(F)C(F)(F)C(F)(F)C(F)(F)C(C)(F)F)(c1ccccc1)c1ccccc1)(c1ccccc1)c1ccccc1. The highest BCUT2D eigenvalue weighted by Crippen LogP contribution is 2.63. The van der Waals surface area contributed by atoms with E-state index < -0.39 is 176 Å². The van der Waals surface area contributed by atoms with E-state index in [0.29, 0.717) is 16.8 Å². The zero-order chi connectivity index (χ0) is 88.2. The van der Waals surface area contributed by atoms with Crippen molar-refractivity contribution in [1.82, 2.24) is 0 Å². The van der Waals surface area contributed by atoms with Gasteiger partial charge in [0.05, 0.1) is 0 Å². The number of halogens is 26. The highest BCUT2D eigenvalue weighted by Gasteiger charge is 2.91. The van der Waals surface area contributed by atoms with Crippen molar-refractivity contribution in [3.05, 3.63) is 230 Å². The number of rotatable bonds is 39. The van der Waals surface area contributed by atoms with Gasteiger partial charge in [-0.3, -0.25) is 0 Å². The highest BCUT2D eigenvalue weighted by molar-refractivity contribution is 14.1. The van der Waals surface area contributed by atoms with Crippen LogP contribution in [0.1, 0.15) is 26.7 Å². The summed E-state index contributed by atoms with van der Waals surface area (Å²) < 4.78 is 401. The molecule has 6 aromatic carbocycles. The van der Waals surface area contributed by atoms with Gasteiger partial charge in [-0.05, 0) is 128 Å². The van der Waals surface area contributed by atoms with Gasteiger partial charge < -0.3 is 24.7 Å². The molecule has 0 N–H and O–H groups in total. The summed E-state index contributed by atoms with van der Waals surface area (Å²) in [7, 11) is -33.2. The minimum atomic E-state index is -8.09. The second kappa shape index (κ2) is 36.1. The van der Waals surface area contributed by atoms with Crippen LogP contribution >= 0.6 is 45.2 Å². The Hall–Kier alpha value is -4.23. The Kier molecular flexibility index (Phi) is 31.8. The molecular formula is C74H88F24I2O6Si9. The highest BCUT2D eigenvalue weighted by atomic mass is 127. The monoisotopic (exact) mass is 2030 g/mol. The van der Waals surface area contributed by atoms with Crippen molar-refractivity contribution in [1.29, 1.82) is 0 Å². The average Bonchev–Trinajstić information content (AvgIpc) is 0.656. The molecule has 0 spiro atoms. The van der Waals surface area contributed by atoms with Crippen LogP contribution in [0.4, 0.5) is 105 Å². The maximum absolute atomic E-state index is 16.1. The van der Waals surface area contributed by atoms with E-state index in [2.05, 4.69) is 110 Å². The molecule has 6 rings (SSSR count). The fourth-order valence-electron chi connectivity index (χ4n) is 11.3. The summed E-state index contributed by atoms with van der Waals surface area (Å²) in [6.45, 7) is 26.6. The van der Waals surface area contributed by atoms with Gasteiger partial charge in [0.1, 0.15) is 0 Å². The van der Waals surface area contributed by atoms with Gasteiger partial charge in [0.2, 0.25) is 33.3 Å². The van der Waals surface area contributed by atoms with Crippen LogP contribution in [-0.4, -0.2) is 154 Å². The lowest BCUT2D eigenvalue weighted by Crippen LogP contribution is -2.73. The molecule has 2 atom stereocenters. The summed E-state index contributed by atoms with van der Waals surface area (Å²) in [5.74, 6) is -88.3. The second-order valence-corrected chi connectivity index (χ2v) is 69.9. The van der Waals surface area contributed by atoms with Crippen molar-refractivity contribution in [2.24, 2.45) is 0 Å². The average molecular weight is 2040 g/mol. The van der Waals surface area contributed by atoms with E-state index in [9.17, 15) is 43.9 Å². The molecule has 0 aliphatic rings. The van der Waals surface area contributed by atoms with Gasteiger partial charge in [0.25, 0.3) is 0 Å². The molecule has 0 aromatic heterocycles. The Labute approximate surface area is 690 Å². The van der Waals surface area contributed by atoms with Crippen molar-refractivity contribution in [3.63, 3.8) is 0 Å². The zero-order valence-corrected chi connectivity index (χ0v) is 77.9. The molecule has 0 saturated carbocycles. The van der Waals surface area contributed by atoms with Crippen LogP contribution in [0.25, 0.3) is 0 Å². The minimum Gasteiger partial charge on any atom is -0.429 e. The molecule has 0 radical (unpaired) electrons. The van der Waals surface area contributed by atoms with E-state index in [0.717, 1.165) is 83.4 Å². The van der Waals surface area contributed by atoms with Gasteiger partial charge >= 0.3 is 96.8 Å². The summed E-state index contributed by atoms with van der Waals surface area (Å²) >= 11 is 3.31. The van der Waals surface area contributed by atoms with Gasteiger partial charge in [-0.1, -0.05) is 257 Å². The maximum atomic E-state index is 16.1. The third-order valence-electron chi connectivity index (χ3n) is 18.3. The number of hydrogen-bond donors (Lipinski definition) is 0. The van der Waals surface area contributed by atoms with E-state index in [4.69, 9.17) is 24.7 Å². The Bertz CT molecular complexity index is 4090. The third kappa shape index (κ3) is 21.3. The predicted molar refractivity (Wildman–Crippen MR) is 439 cm³/mol. The summed E-state index contributed by atoms with van der Waals surface area (Å²) in [5, 5.41) is 2.49. The van der Waals surface area contributed by atoms with Crippen molar-refractivity contribution in [2.45, 2.75) is 183 Å². The van der Waals surface area contributed by atoms with Crippen LogP contribution in [0, 0.1) is 0 Å². The van der Waals surface area contributed by atoms with E-state index in [1.807, 2.05) is 43.5 Å². The first-order chi connectivity index (χ1) is 52.0. The molecule has 0 bridgehead atoms. The maximum Gasteiger partial charge on any atom is 0.386 e. The third-order valence-corrected chi connectivity index (χ3v) is 62.2. The molecule has 0 saturated heterocycles. The Morgan fingerprint density at radius 3 is 0.739 bits per heavy atom. The van der Waals surface area contributed by atoms with E-state index in [1.54, 1.807) is 60.7 Å². The zero-order valence-electron chi connectivity index (χ0n) is 64.5. The molecule has 6 aromatic rings. The molecule has 2 unspecified atom stereocenters. The molecule has 41 heteroatoms. The smallest absolute Gasteiger partial charge is 0.386 e. The Morgan fingerprint density at radius 1 is 0.304 bits per heavy atom. The molecule has 0 aliphatic carbocycles. The number of allylic oxidation sites excluding steroid dienone is 2. The van der Waals surface area contributed by atoms with Gasteiger partial charge in [0, 0.05) is 20.4 Å². The van der Waals surface area contributed by atoms with E-state index in [1.165, 1.54) is 49.5 Å². The molecular weight excluding hydrogens is 1950 g/mol. The largest absolute Gasteiger partial charge is 0.429 e. The first-order valence-corrected chi connectivity index (χ1v) is 60.9. The molecule has 0 amide bonds. The summed E-state index contributed by atoms with van der Waals surface area (Å²) in [6, 6.07) is 48.5. The molecule has 115 heavy (non-hydrogen) atoms. The lowest BCUT2D eigenvalue weighted by molar-refractivity contribution is -0.420. The lowest BCUT2D eigenvalue weighted by atomic mass is 9.90. The molecule has 0 fully saturated rings. The fourth-order valence-corrected chi connectivity index (χ4v) is 49.2. The standard InChI is InChI=1S/C54H60F24I2O4Si6.C20H28O2Si3/c1-11-41(79)87(7,8)83-90(39-28-20-14-21-29-39,40-30-22-15-23-31-40)84-88(9,10)42(80)36-46(61,62)50(69,70)54(77,78)53(75,76)49(67,68)45(59,60)33-35-86(5,6)82-89(37-24-16-12-17-25-37,38-26-18-13-19-27-38)81-85(3,4)34-32-44(57,58)48(65,66)52(73,74)51(71,72)47(63,64)43(2,55)56;1-7-23(3,4)21-25(22-24(5,6)8-2,19-15-11-9-12-16-19)20-17-13-10-14-18-20/h12-35,41-42H,11,36H2,1-10H3;7-18H,1-2H2,3-6H3/b34-32+,35-33+;. The van der Waals surface area contributed by atoms with Crippen LogP contribution in [0.2, 0.25) is 78.6 Å².